The third-order valence-electron chi connectivity index (χ3n) is 3.19. The van der Waals surface area contributed by atoms with E-state index in [4.69, 9.17) is 0 Å². The summed E-state index contributed by atoms with van der Waals surface area (Å²) in [7, 11) is 0. The molecule has 1 aromatic rings. The van der Waals surface area contributed by atoms with Gasteiger partial charge in [0.25, 0.3) is 0 Å². The van der Waals surface area contributed by atoms with Gasteiger partial charge >= 0.3 is 0 Å². The molecule has 0 heterocycles. The fourth-order valence-electron chi connectivity index (χ4n) is 2.53. The summed E-state index contributed by atoms with van der Waals surface area (Å²) in [6, 6.07) is 7.07. The smallest absolute Gasteiger partial charge is 0.0153 e. The van der Waals surface area contributed by atoms with E-state index in [9.17, 15) is 0 Å². The number of benzene rings is 1. The van der Waals surface area contributed by atoms with Gasteiger partial charge in [-0.1, -0.05) is 18.2 Å². The van der Waals surface area contributed by atoms with Crippen LogP contribution in [0.5, 0.6) is 0 Å². The predicted octanol–water partition coefficient (Wildman–Crippen LogP) is 2.66. The van der Waals surface area contributed by atoms with Gasteiger partial charge < -0.3 is 0 Å². The van der Waals surface area contributed by atoms with Gasteiger partial charge in [0.2, 0.25) is 0 Å². The van der Waals surface area contributed by atoms with Crippen LogP contribution in [0, 0.1) is 0 Å². The Morgan fingerprint density at radius 1 is 1.09 bits per heavy atom. The highest BCUT2D eigenvalue weighted by atomic mass is 14.3. The van der Waals surface area contributed by atoms with Gasteiger partial charge in [-0.15, -0.1) is 0 Å². The van der Waals surface area contributed by atoms with Crippen LogP contribution in [0.2, 0.25) is 0 Å². The standard InChI is InChI=1S/C11H12/c1-3-9-5-6-10-4-2-8(1)7-11(9)10/h1,3,7,10H,2,4-6H2. The van der Waals surface area contributed by atoms with Crippen molar-refractivity contribution in [2.24, 2.45) is 0 Å². The predicted molar refractivity (Wildman–Crippen MR) is 45.8 cm³/mol. The zero-order valence-corrected chi connectivity index (χ0v) is 6.64. The van der Waals surface area contributed by atoms with Crippen LogP contribution < -0.4 is 0 Å². The average Bonchev–Trinajstić information content (AvgIpc) is 2.48. The Bertz CT molecular complexity index is 299. The Kier molecular flexibility index (Phi) is 0.993. The molecule has 0 spiro atoms. The highest BCUT2D eigenvalue weighted by Gasteiger charge is 2.25. The van der Waals surface area contributed by atoms with E-state index in [-0.39, 0.29) is 0 Å². The Morgan fingerprint density at radius 2 is 2.00 bits per heavy atom. The van der Waals surface area contributed by atoms with Crippen molar-refractivity contribution in [2.45, 2.75) is 31.6 Å². The van der Waals surface area contributed by atoms with Gasteiger partial charge in [-0.05, 0) is 48.3 Å². The van der Waals surface area contributed by atoms with Crippen molar-refractivity contribution >= 4 is 0 Å². The Morgan fingerprint density at radius 3 is 3.00 bits per heavy atom. The maximum Gasteiger partial charge on any atom is -0.0153 e. The fraction of sp³-hybridized carbons (Fsp3) is 0.455. The Balaban J connectivity index is 2.29. The summed E-state index contributed by atoms with van der Waals surface area (Å²) in [5.74, 6) is 0.929. The molecule has 1 unspecified atom stereocenters. The number of hydrogen-bond donors (Lipinski definition) is 0. The molecule has 1 atom stereocenters. The van der Waals surface area contributed by atoms with Gasteiger partial charge in [0, 0.05) is 0 Å². The van der Waals surface area contributed by atoms with Crippen molar-refractivity contribution in [3.05, 3.63) is 34.9 Å². The zero-order chi connectivity index (χ0) is 7.26. The number of hydrogen-bond acceptors (Lipinski definition) is 0. The summed E-state index contributed by atoms with van der Waals surface area (Å²) in [5, 5.41) is 0. The molecule has 2 aliphatic rings. The first-order chi connectivity index (χ1) is 5.43. The van der Waals surface area contributed by atoms with Crippen LogP contribution in [0.1, 0.15) is 35.4 Å². The minimum atomic E-state index is 0.929. The van der Waals surface area contributed by atoms with Crippen molar-refractivity contribution in [1.29, 1.82) is 0 Å². The molecular formula is C11H12. The summed E-state index contributed by atoms with van der Waals surface area (Å²) in [4.78, 5) is 0. The molecular weight excluding hydrogens is 132 g/mol. The van der Waals surface area contributed by atoms with Crippen LogP contribution in [0.15, 0.2) is 18.2 Å². The van der Waals surface area contributed by atoms with E-state index in [2.05, 4.69) is 18.2 Å². The van der Waals surface area contributed by atoms with Crippen molar-refractivity contribution in [2.75, 3.05) is 0 Å². The molecule has 0 N–H and O–H groups in total. The molecule has 0 radical (unpaired) electrons. The van der Waals surface area contributed by atoms with E-state index in [1.165, 1.54) is 25.7 Å². The number of aryl methyl sites for hydroxylation is 2. The van der Waals surface area contributed by atoms with E-state index >= 15 is 0 Å². The lowest BCUT2D eigenvalue weighted by Gasteiger charge is -2.17. The minimum absolute atomic E-state index is 0.929. The Labute approximate surface area is 67.2 Å². The molecule has 0 aromatic heterocycles. The van der Waals surface area contributed by atoms with E-state index < -0.39 is 0 Å². The van der Waals surface area contributed by atoms with Crippen molar-refractivity contribution < 1.29 is 0 Å². The molecule has 1 aromatic carbocycles. The lowest BCUT2D eigenvalue weighted by molar-refractivity contribution is 0.605. The maximum absolute atomic E-state index is 2.43. The third kappa shape index (κ3) is 0.699. The van der Waals surface area contributed by atoms with Crippen LogP contribution in [0.4, 0.5) is 0 Å². The second-order valence-corrected chi connectivity index (χ2v) is 3.81. The van der Waals surface area contributed by atoms with E-state index in [1.807, 2.05) is 0 Å². The van der Waals surface area contributed by atoms with Crippen molar-refractivity contribution in [1.82, 2.24) is 0 Å². The summed E-state index contributed by atoms with van der Waals surface area (Å²) in [6.07, 6.45) is 5.48. The minimum Gasteiger partial charge on any atom is -0.0588 e. The molecule has 56 valence electrons. The van der Waals surface area contributed by atoms with Gasteiger partial charge in [0.15, 0.2) is 0 Å². The van der Waals surface area contributed by atoms with Crippen LogP contribution in [-0.2, 0) is 12.8 Å². The first kappa shape index (κ1) is 5.82. The van der Waals surface area contributed by atoms with Crippen LogP contribution in [0.3, 0.4) is 0 Å². The normalized spacial score (nSPS) is 25.6. The maximum atomic E-state index is 2.43. The van der Waals surface area contributed by atoms with E-state index in [0.717, 1.165) is 5.92 Å². The van der Waals surface area contributed by atoms with Crippen LogP contribution >= 0.6 is 0 Å². The van der Waals surface area contributed by atoms with Crippen molar-refractivity contribution in [3.63, 3.8) is 0 Å². The first-order valence-corrected chi connectivity index (χ1v) is 4.55. The first-order valence-electron chi connectivity index (χ1n) is 4.55. The molecule has 0 amide bonds. The van der Waals surface area contributed by atoms with Gasteiger partial charge in [-0.2, -0.15) is 0 Å². The molecule has 2 aliphatic carbocycles. The molecule has 11 heavy (non-hydrogen) atoms. The van der Waals surface area contributed by atoms with Crippen molar-refractivity contribution in [3.8, 4) is 0 Å². The number of fused-ring (bicyclic) bond motifs is 1. The lowest BCUT2D eigenvalue weighted by Crippen LogP contribution is -2.02. The summed E-state index contributed by atoms with van der Waals surface area (Å²) >= 11 is 0. The molecule has 0 fully saturated rings. The molecule has 0 saturated carbocycles. The molecule has 0 saturated heterocycles. The third-order valence-corrected chi connectivity index (χ3v) is 3.19. The fourth-order valence-corrected chi connectivity index (χ4v) is 2.53. The molecule has 0 heteroatoms. The van der Waals surface area contributed by atoms with Gasteiger partial charge in [-0.3, -0.25) is 0 Å². The van der Waals surface area contributed by atoms with Gasteiger partial charge in [-0.25, -0.2) is 0 Å². The summed E-state index contributed by atoms with van der Waals surface area (Å²) < 4.78 is 0. The van der Waals surface area contributed by atoms with E-state index in [1.54, 1.807) is 16.7 Å². The second-order valence-electron chi connectivity index (χ2n) is 3.81. The molecule has 3 rings (SSSR count). The monoisotopic (exact) mass is 144 g/mol. The van der Waals surface area contributed by atoms with Gasteiger partial charge in [0.1, 0.15) is 0 Å². The molecule has 2 bridgehead atoms. The topological polar surface area (TPSA) is 0 Å². The van der Waals surface area contributed by atoms with Crippen LogP contribution in [0.25, 0.3) is 0 Å². The highest BCUT2D eigenvalue weighted by Crippen LogP contribution is 2.39. The number of rotatable bonds is 0. The largest absolute Gasteiger partial charge is 0.0588 e. The Hall–Kier alpha value is -0.780. The average molecular weight is 144 g/mol. The van der Waals surface area contributed by atoms with E-state index in [0.29, 0.717) is 0 Å². The lowest BCUT2D eigenvalue weighted by atomic mass is 9.87. The van der Waals surface area contributed by atoms with Gasteiger partial charge in [0.05, 0.1) is 0 Å². The summed E-state index contributed by atoms with van der Waals surface area (Å²) in [6.45, 7) is 0. The second kappa shape index (κ2) is 1.88. The zero-order valence-electron chi connectivity index (χ0n) is 6.64. The summed E-state index contributed by atoms with van der Waals surface area (Å²) in [5.41, 5.74) is 4.86. The highest BCUT2D eigenvalue weighted by molar-refractivity contribution is 5.40. The van der Waals surface area contributed by atoms with Crippen LogP contribution in [-0.4, -0.2) is 0 Å². The quantitative estimate of drug-likeness (QED) is 0.525. The molecule has 0 nitrogen and oxygen atoms in total. The molecule has 0 aliphatic heterocycles. The SMILES string of the molecule is c1cc2c3cc1CCC3CC2.